The first-order valence-electron chi connectivity index (χ1n) is 3.44. The Morgan fingerprint density at radius 1 is 1.50 bits per heavy atom. The summed E-state index contributed by atoms with van der Waals surface area (Å²) in [7, 11) is 0.173. The van der Waals surface area contributed by atoms with E-state index in [4.69, 9.17) is 24.4 Å². The highest BCUT2D eigenvalue weighted by Crippen LogP contribution is 2.37. The topological polar surface area (TPSA) is 73.9 Å². The molecule has 1 atom stereocenters. The fourth-order valence-electron chi connectivity index (χ4n) is 0.417. The van der Waals surface area contributed by atoms with Crippen LogP contribution < -0.4 is 5.73 Å². The van der Waals surface area contributed by atoms with Crippen molar-refractivity contribution in [3.8, 4) is 0 Å². The minimum atomic E-state index is -1.32. The second kappa shape index (κ2) is 8.90. The van der Waals surface area contributed by atoms with Gasteiger partial charge in [0.25, 0.3) is 0 Å². The van der Waals surface area contributed by atoms with Gasteiger partial charge in [-0.15, -0.1) is 0 Å². The molecule has 0 saturated heterocycles. The first-order chi connectivity index (χ1) is 5.85. The second-order valence-corrected chi connectivity index (χ2v) is 3.04. The zero-order valence-corrected chi connectivity index (χ0v) is 7.87. The van der Waals surface area contributed by atoms with Gasteiger partial charge in [0, 0.05) is 13.7 Å². The highest BCUT2D eigenvalue weighted by atomic mass is 31.2. The predicted molar refractivity (Wildman–Crippen MR) is 46.7 cm³/mol. The molecule has 0 bridgehead atoms. The molecule has 0 aromatic carbocycles. The van der Waals surface area contributed by atoms with Crippen molar-refractivity contribution in [3.05, 3.63) is 12.3 Å². The van der Waals surface area contributed by atoms with Crippen molar-refractivity contribution in [2.45, 2.75) is 0 Å². The van der Waals surface area contributed by atoms with E-state index in [1.165, 1.54) is 13.2 Å². The summed E-state index contributed by atoms with van der Waals surface area (Å²) in [6.07, 6.45) is 2.35. The Balaban J connectivity index is 3.39. The van der Waals surface area contributed by atoms with Gasteiger partial charge in [-0.25, -0.2) is 0 Å². The monoisotopic (exact) mass is 195 g/mol. The lowest BCUT2D eigenvalue weighted by molar-refractivity contribution is 0.196. The summed E-state index contributed by atoms with van der Waals surface area (Å²) in [6, 6.07) is 0. The zero-order valence-electron chi connectivity index (χ0n) is 6.97. The first-order valence-corrected chi connectivity index (χ1v) is 4.54. The van der Waals surface area contributed by atoms with Crippen molar-refractivity contribution in [1.29, 1.82) is 0 Å². The van der Waals surface area contributed by atoms with E-state index in [1.54, 1.807) is 0 Å². The van der Waals surface area contributed by atoms with Crippen molar-refractivity contribution >= 4 is 8.60 Å². The Kier molecular flexibility index (Phi) is 8.76. The molecule has 0 spiro atoms. The van der Waals surface area contributed by atoms with E-state index in [0.29, 0.717) is 13.2 Å². The molecule has 0 heterocycles. The van der Waals surface area contributed by atoms with Crippen LogP contribution in [0.2, 0.25) is 0 Å². The molecule has 0 fully saturated rings. The van der Waals surface area contributed by atoms with Crippen LogP contribution in [-0.4, -0.2) is 32.0 Å². The summed E-state index contributed by atoms with van der Waals surface area (Å²) in [5.41, 5.74) is 5.21. The van der Waals surface area contributed by atoms with Gasteiger partial charge in [-0.2, -0.15) is 0 Å². The fourth-order valence-corrected chi connectivity index (χ4v) is 1.16. The van der Waals surface area contributed by atoms with Crippen LogP contribution in [0.15, 0.2) is 12.3 Å². The Morgan fingerprint density at radius 2 is 2.25 bits per heavy atom. The molecular weight excluding hydrogens is 181 g/mol. The van der Waals surface area contributed by atoms with Crippen LogP contribution in [0.25, 0.3) is 0 Å². The summed E-state index contributed by atoms with van der Waals surface area (Å²) in [6.45, 7) is 1.10. The maximum Gasteiger partial charge on any atom is 0.332 e. The van der Waals surface area contributed by atoms with Crippen LogP contribution in [0.4, 0.5) is 0 Å². The summed E-state index contributed by atoms with van der Waals surface area (Å²) >= 11 is 0. The van der Waals surface area contributed by atoms with Gasteiger partial charge in [-0.1, -0.05) is 0 Å². The van der Waals surface area contributed by atoms with Crippen LogP contribution in [0, 0.1) is 0 Å². The Labute approximate surface area is 73.1 Å². The molecule has 5 nitrogen and oxygen atoms in total. The van der Waals surface area contributed by atoms with Crippen LogP contribution in [0.3, 0.4) is 0 Å². The average molecular weight is 195 g/mol. The third-order valence-electron chi connectivity index (χ3n) is 0.845. The SMILES string of the molecule is COP(OC/C=C/O)OCCN. The normalized spacial score (nSPS) is 13.8. The van der Waals surface area contributed by atoms with E-state index < -0.39 is 8.60 Å². The summed E-state index contributed by atoms with van der Waals surface area (Å²) in [5.74, 6) is 0. The molecule has 6 heteroatoms. The zero-order chi connectivity index (χ0) is 9.23. The summed E-state index contributed by atoms with van der Waals surface area (Å²) < 4.78 is 15.0. The van der Waals surface area contributed by atoms with E-state index >= 15 is 0 Å². The van der Waals surface area contributed by atoms with E-state index in [0.717, 1.165) is 6.26 Å². The van der Waals surface area contributed by atoms with Gasteiger partial charge in [0.15, 0.2) is 0 Å². The lowest BCUT2D eigenvalue weighted by Crippen LogP contribution is -2.07. The van der Waals surface area contributed by atoms with E-state index in [2.05, 4.69) is 0 Å². The Hall–Kier alpha value is -0.190. The molecular formula is C6H14NO4P. The number of nitrogens with two attached hydrogens (primary N) is 1. The molecule has 0 aliphatic rings. The highest BCUT2D eigenvalue weighted by Gasteiger charge is 2.07. The molecule has 0 saturated carbocycles. The maximum absolute atomic E-state index is 8.27. The van der Waals surface area contributed by atoms with Gasteiger partial charge in [-0.3, -0.25) is 0 Å². The van der Waals surface area contributed by atoms with Gasteiger partial charge in [-0.05, 0) is 6.08 Å². The van der Waals surface area contributed by atoms with Gasteiger partial charge >= 0.3 is 8.60 Å². The molecule has 0 aliphatic carbocycles. The van der Waals surface area contributed by atoms with Crippen LogP contribution in [0.5, 0.6) is 0 Å². The molecule has 0 radical (unpaired) electrons. The lowest BCUT2D eigenvalue weighted by Gasteiger charge is -2.11. The van der Waals surface area contributed by atoms with Gasteiger partial charge < -0.3 is 24.4 Å². The standard InChI is InChI=1S/C6H14NO4P/c1-9-12(11-6-3-7)10-5-2-4-8/h2,4,8H,3,5-7H2,1H3/b4-2+. The molecule has 0 rings (SSSR count). The Morgan fingerprint density at radius 3 is 2.75 bits per heavy atom. The molecule has 12 heavy (non-hydrogen) atoms. The molecule has 0 amide bonds. The largest absolute Gasteiger partial charge is 0.516 e. The van der Waals surface area contributed by atoms with Crippen molar-refractivity contribution in [2.75, 3.05) is 26.9 Å². The third-order valence-corrected chi connectivity index (χ3v) is 1.90. The molecule has 0 aliphatic heterocycles. The summed E-state index contributed by atoms with van der Waals surface area (Å²) in [5, 5.41) is 8.27. The molecule has 3 N–H and O–H groups in total. The fraction of sp³-hybridized carbons (Fsp3) is 0.667. The van der Waals surface area contributed by atoms with Gasteiger partial charge in [0.05, 0.1) is 19.5 Å². The van der Waals surface area contributed by atoms with Gasteiger partial charge in [0.2, 0.25) is 0 Å². The van der Waals surface area contributed by atoms with Crippen molar-refractivity contribution < 1.29 is 18.7 Å². The van der Waals surface area contributed by atoms with Crippen molar-refractivity contribution in [2.24, 2.45) is 5.73 Å². The minimum Gasteiger partial charge on any atom is -0.516 e. The highest BCUT2D eigenvalue weighted by molar-refractivity contribution is 7.41. The number of aliphatic hydroxyl groups is 1. The summed E-state index contributed by atoms with van der Waals surface area (Å²) in [4.78, 5) is 0. The molecule has 0 aromatic rings. The van der Waals surface area contributed by atoms with Gasteiger partial charge in [0.1, 0.15) is 0 Å². The van der Waals surface area contributed by atoms with Crippen molar-refractivity contribution in [1.82, 2.24) is 0 Å². The van der Waals surface area contributed by atoms with Crippen molar-refractivity contribution in [3.63, 3.8) is 0 Å². The molecule has 0 aromatic heterocycles. The first kappa shape index (κ1) is 11.8. The Bertz CT molecular complexity index is 122. The number of aliphatic hydroxyl groups excluding tert-OH is 1. The molecule has 72 valence electrons. The predicted octanol–water partition coefficient (Wildman–Crippen LogP) is 0.923. The smallest absolute Gasteiger partial charge is 0.332 e. The quantitative estimate of drug-likeness (QED) is 0.466. The average Bonchev–Trinajstić information content (AvgIpc) is 2.11. The number of hydrogen-bond acceptors (Lipinski definition) is 5. The second-order valence-electron chi connectivity index (χ2n) is 1.71. The van der Waals surface area contributed by atoms with Crippen LogP contribution >= 0.6 is 8.60 Å². The van der Waals surface area contributed by atoms with Crippen LogP contribution in [0.1, 0.15) is 0 Å². The minimum absolute atomic E-state index is 0.264. The number of rotatable bonds is 7. The third kappa shape index (κ3) is 6.52. The van der Waals surface area contributed by atoms with Crippen LogP contribution in [-0.2, 0) is 13.6 Å². The van der Waals surface area contributed by atoms with E-state index in [-0.39, 0.29) is 6.61 Å². The van der Waals surface area contributed by atoms with E-state index in [9.17, 15) is 0 Å². The lowest BCUT2D eigenvalue weighted by atomic mass is 10.7. The number of hydrogen-bond donors (Lipinski definition) is 2. The molecule has 1 unspecified atom stereocenters. The maximum atomic E-state index is 8.27. The van der Waals surface area contributed by atoms with E-state index in [1.807, 2.05) is 0 Å².